The smallest absolute Gasteiger partial charge is 0.251 e. The summed E-state index contributed by atoms with van der Waals surface area (Å²) >= 11 is 1.20. The van der Waals surface area contributed by atoms with E-state index in [-0.39, 0.29) is 30.1 Å². The summed E-state index contributed by atoms with van der Waals surface area (Å²) in [4.78, 5) is 35.3. The zero-order valence-electron chi connectivity index (χ0n) is 11.2. The average Bonchev–Trinajstić information content (AvgIpc) is 2.85. The number of hydrogen-bond donors (Lipinski definition) is 3. The SMILES string of the molecule is CNC(=O)c1csc(C(=O)C[C@H]2NC(=O)[C@@H]2[C@@H](C)O)c1. The Labute approximate surface area is 120 Å². The first-order chi connectivity index (χ1) is 9.43. The summed E-state index contributed by atoms with van der Waals surface area (Å²) in [5.41, 5.74) is 0.450. The van der Waals surface area contributed by atoms with E-state index in [9.17, 15) is 19.5 Å². The van der Waals surface area contributed by atoms with E-state index in [4.69, 9.17) is 0 Å². The normalized spacial score (nSPS) is 22.6. The number of aliphatic hydroxyl groups is 1. The van der Waals surface area contributed by atoms with Crippen molar-refractivity contribution in [2.75, 3.05) is 7.05 Å². The lowest BCUT2D eigenvalue weighted by atomic mass is 9.83. The van der Waals surface area contributed by atoms with Crippen LogP contribution in [-0.4, -0.2) is 41.9 Å². The Kier molecular flexibility index (Phi) is 4.20. The minimum atomic E-state index is -0.772. The van der Waals surface area contributed by atoms with Crippen molar-refractivity contribution in [2.45, 2.75) is 25.5 Å². The Hall–Kier alpha value is -1.73. The first kappa shape index (κ1) is 14.7. The zero-order chi connectivity index (χ0) is 14.9. The van der Waals surface area contributed by atoms with Crippen LogP contribution in [0.3, 0.4) is 0 Å². The molecular weight excluding hydrogens is 280 g/mol. The number of carbonyl (C=O) groups excluding carboxylic acids is 3. The van der Waals surface area contributed by atoms with Crippen LogP contribution in [0.25, 0.3) is 0 Å². The maximum atomic E-state index is 12.1. The Bertz CT molecular complexity index is 552. The average molecular weight is 296 g/mol. The number of carbonyl (C=O) groups is 3. The van der Waals surface area contributed by atoms with Crippen molar-refractivity contribution in [1.82, 2.24) is 10.6 Å². The van der Waals surface area contributed by atoms with Crippen molar-refractivity contribution in [3.63, 3.8) is 0 Å². The predicted molar refractivity (Wildman–Crippen MR) is 73.8 cm³/mol. The molecule has 1 saturated heterocycles. The van der Waals surface area contributed by atoms with Gasteiger partial charge in [-0.15, -0.1) is 11.3 Å². The summed E-state index contributed by atoms with van der Waals surface area (Å²) in [5, 5.41) is 16.2. The Morgan fingerprint density at radius 3 is 2.80 bits per heavy atom. The van der Waals surface area contributed by atoms with E-state index in [1.165, 1.54) is 25.3 Å². The minimum Gasteiger partial charge on any atom is -0.393 e. The summed E-state index contributed by atoms with van der Waals surface area (Å²) in [6.07, 6.45) is -0.638. The molecule has 1 aromatic rings. The zero-order valence-corrected chi connectivity index (χ0v) is 12.0. The van der Waals surface area contributed by atoms with Crippen molar-refractivity contribution < 1.29 is 19.5 Å². The number of nitrogens with one attached hydrogen (secondary N) is 2. The number of β-lactam (4-membered cyclic amide) rings is 1. The largest absolute Gasteiger partial charge is 0.393 e. The van der Waals surface area contributed by atoms with E-state index in [2.05, 4.69) is 10.6 Å². The van der Waals surface area contributed by atoms with Gasteiger partial charge in [0.2, 0.25) is 5.91 Å². The number of thiophene rings is 1. The van der Waals surface area contributed by atoms with Crippen LogP contribution in [0.1, 0.15) is 33.4 Å². The molecule has 2 amide bonds. The van der Waals surface area contributed by atoms with E-state index >= 15 is 0 Å². The molecule has 0 radical (unpaired) electrons. The Morgan fingerprint density at radius 1 is 1.55 bits per heavy atom. The molecule has 1 aromatic heterocycles. The Morgan fingerprint density at radius 2 is 2.25 bits per heavy atom. The summed E-state index contributed by atoms with van der Waals surface area (Å²) in [5.74, 6) is -1.13. The van der Waals surface area contributed by atoms with E-state index in [0.717, 1.165) is 0 Å². The summed E-state index contributed by atoms with van der Waals surface area (Å²) in [7, 11) is 1.53. The number of amides is 2. The fourth-order valence-corrected chi connectivity index (χ4v) is 3.07. The van der Waals surface area contributed by atoms with Crippen molar-refractivity contribution in [2.24, 2.45) is 5.92 Å². The molecule has 1 aliphatic rings. The number of rotatable bonds is 5. The molecule has 0 bridgehead atoms. The van der Waals surface area contributed by atoms with Gasteiger partial charge >= 0.3 is 0 Å². The van der Waals surface area contributed by atoms with Crippen molar-refractivity contribution in [1.29, 1.82) is 0 Å². The van der Waals surface area contributed by atoms with Gasteiger partial charge in [0.15, 0.2) is 5.78 Å². The summed E-state index contributed by atoms with van der Waals surface area (Å²) in [6.45, 7) is 1.54. The third-order valence-electron chi connectivity index (χ3n) is 3.35. The van der Waals surface area contributed by atoms with Gasteiger partial charge in [-0.3, -0.25) is 14.4 Å². The minimum absolute atomic E-state index is 0.134. The molecule has 2 heterocycles. The summed E-state index contributed by atoms with van der Waals surface area (Å²) < 4.78 is 0. The molecule has 0 unspecified atom stereocenters. The van der Waals surface area contributed by atoms with Crippen LogP contribution >= 0.6 is 11.3 Å². The quantitative estimate of drug-likeness (QED) is 0.533. The Balaban J connectivity index is 2.00. The molecular formula is C13H16N2O4S. The first-order valence-electron chi connectivity index (χ1n) is 6.26. The van der Waals surface area contributed by atoms with Gasteiger partial charge in [0, 0.05) is 18.8 Å². The van der Waals surface area contributed by atoms with Gasteiger partial charge in [-0.2, -0.15) is 0 Å². The lowest BCUT2D eigenvalue weighted by Gasteiger charge is -2.38. The molecule has 20 heavy (non-hydrogen) atoms. The van der Waals surface area contributed by atoms with Gasteiger partial charge < -0.3 is 15.7 Å². The highest BCUT2D eigenvalue weighted by molar-refractivity contribution is 7.12. The van der Waals surface area contributed by atoms with Crippen LogP contribution in [0.15, 0.2) is 11.4 Å². The highest BCUT2D eigenvalue weighted by atomic mass is 32.1. The summed E-state index contributed by atoms with van der Waals surface area (Å²) in [6, 6.07) is 1.21. The number of Topliss-reactive ketones (excluding diaryl/α,β-unsaturated/α-hetero) is 1. The van der Waals surface area contributed by atoms with Crippen molar-refractivity contribution in [3.8, 4) is 0 Å². The first-order valence-corrected chi connectivity index (χ1v) is 7.14. The van der Waals surface area contributed by atoms with Gasteiger partial charge in [-0.25, -0.2) is 0 Å². The monoisotopic (exact) mass is 296 g/mol. The van der Waals surface area contributed by atoms with Crippen LogP contribution in [0.2, 0.25) is 0 Å². The van der Waals surface area contributed by atoms with Crippen LogP contribution in [0.5, 0.6) is 0 Å². The molecule has 0 aromatic carbocycles. The van der Waals surface area contributed by atoms with Gasteiger partial charge in [-0.05, 0) is 13.0 Å². The molecule has 6 nitrogen and oxygen atoms in total. The van der Waals surface area contributed by atoms with Gasteiger partial charge in [-0.1, -0.05) is 0 Å². The maximum absolute atomic E-state index is 12.1. The second-order valence-electron chi connectivity index (χ2n) is 4.79. The molecule has 7 heteroatoms. The fourth-order valence-electron chi connectivity index (χ4n) is 2.23. The van der Waals surface area contributed by atoms with Crippen LogP contribution in [-0.2, 0) is 4.79 Å². The third kappa shape index (κ3) is 2.73. The second kappa shape index (κ2) is 5.72. The van der Waals surface area contributed by atoms with Crippen LogP contribution in [0, 0.1) is 5.92 Å². The molecule has 0 aliphatic carbocycles. The molecule has 3 atom stereocenters. The van der Waals surface area contributed by atoms with E-state index in [1.54, 1.807) is 11.4 Å². The molecule has 0 spiro atoms. The molecule has 2 rings (SSSR count). The van der Waals surface area contributed by atoms with Crippen molar-refractivity contribution in [3.05, 3.63) is 21.9 Å². The van der Waals surface area contributed by atoms with E-state index < -0.39 is 12.0 Å². The molecule has 3 N–H and O–H groups in total. The maximum Gasteiger partial charge on any atom is 0.251 e. The lowest BCUT2D eigenvalue weighted by molar-refractivity contribution is -0.140. The fraction of sp³-hybridized carbons (Fsp3) is 0.462. The van der Waals surface area contributed by atoms with Crippen LogP contribution < -0.4 is 10.6 Å². The van der Waals surface area contributed by atoms with Crippen LogP contribution in [0.4, 0.5) is 0 Å². The number of aliphatic hydroxyl groups excluding tert-OH is 1. The standard InChI is InChI=1S/C13H16N2O4S/c1-6(16)11-8(15-13(11)19)4-9(17)10-3-7(5-20-10)12(18)14-2/h3,5-6,8,11,16H,4H2,1-2H3,(H,14,18)(H,15,19)/t6-,8-,11-/m1/s1. The number of ketones is 1. The second-order valence-corrected chi connectivity index (χ2v) is 5.70. The highest BCUT2D eigenvalue weighted by Crippen LogP contribution is 2.25. The topological polar surface area (TPSA) is 95.5 Å². The molecule has 1 aliphatic heterocycles. The molecule has 0 saturated carbocycles. The van der Waals surface area contributed by atoms with E-state index in [0.29, 0.717) is 10.4 Å². The van der Waals surface area contributed by atoms with Crippen molar-refractivity contribution >= 4 is 28.9 Å². The predicted octanol–water partition coefficient (Wildman–Crippen LogP) is 0.176. The van der Waals surface area contributed by atoms with E-state index in [1.807, 2.05) is 0 Å². The third-order valence-corrected chi connectivity index (χ3v) is 4.32. The highest BCUT2D eigenvalue weighted by Gasteiger charge is 2.43. The lowest BCUT2D eigenvalue weighted by Crippen LogP contribution is -2.62. The molecule has 1 fully saturated rings. The number of hydrogen-bond acceptors (Lipinski definition) is 5. The molecule has 108 valence electrons. The van der Waals surface area contributed by atoms with Gasteiger partial charge in [0.25, 0.3) is 5.91 Å². The van der Waals surface area contributed by atoms with Gasteiger partial charge in [0.05, 0.1) is 28.5 Å². The van der Waals surface area contributed by atoms with Gasteiger partial charge in [0.1, 0.15) is 0 Å².